The summed E-state index contributed by atoms with van der Waals surface area (Å²) in [5.74, 6) is -1.06. The van der Waals surface area contributed by atoms with Gasteiger partial charge in [0.15, 0.2) is 0 Å². The van der Waals surface area contributed by atoms with E-state index in [4.69, 9.17) is 5.14 Å². The van der Waals surface area contributed by atoms with Crippen LogP contribution in [0.15, 0.2) is 55.1 Å². The van der Waals surface area contributed by atoms with Crippen LogP contribution in [0, 0.1) is 5.82 Å². The SMILES string of the molecule is NS(=O)(=O)c1ccc(NS(=O)(=O)c2cc(Br)ccc2Br)c(F)c1. The zero-order valence-corrected chi connectivity index (χ0v) is 15.9. The average Bonchev–Trinajstić information content (AvgIpc) is 2.42. The monoisotopic (exact) mass is 486 g/mol. The molecule has 124 valence electrons. The van der Waals surface area contributed by atoms with Crippen molar-refractivity contribution in [1.29, 1.82) is 0 Å². The molecule has 0 saturated heterocycles. The highest BCUT2D eigenvalue weighted by molar-refractivity contribution is 9.11. The quantitative estimate of drug-likeness (QED) is 0.691. The van der Waals surface area contributed by atoms with Crippen LogP contribution in [0.1, 0.15) is 0 Å². The van der Waals surface area contributed by atoms with Gasteiger partial charge in [0, 0.05) is 8.95 Å². The van der Waals surface area contributed by atoms with E-state index < -0.39 is 36.4 Å². The van der Waals surface area contributed by atoms with Crippen molar-refractivity contribution >= 4 is 57.6 Å². The van der Waals surface area contributed by atoms with Crippen LogP contribution < -0.4 is 9.86 Å². The van der Waals surface area contributed by atoms with Gasteiger partial charge in [0.1, 0.15) is 10.7 Å². The van der Waals surface area contributed by atoms with Crippen LogP contribution in [0.3, 0.4) is 0 Å². The van der Waals surface area contributed by atoms with E-state index in [0.717, 1.165) is 12.1 Å². The molecular formula is C12H9Br2FN2O4S2. The van der Waals surface area contributed by atoms with Crippen molar-refractivity contribution in [3.63, 3.8) is 0 Å². The van der Waals surface area contributed by atoms with Crippen molar-refractivity contribution < 1.29 is 21.2 Å². The van der Waals surface area contributed by atoms with Crippen molar-refractivity contribution in [2.75, 3.05) is 4.72 Å². The van der Waals surface area contributed by atoms with Crippen molar-refractivity contribution in [3.8, 4) is 0 Å². The third-order valence-corrected chi connectivity index (χ3v) is 6.46. The number of benzene rings is 2. The highest BCUT2D eigenvalue weighted by atomic mass is 79.9. The van der Waals surface area contributed by atoms with Gasteiger partial charge in [-0.15, -0.1) is 0 Å². The molecule has 0 bridgehead atoms. The van der Waals surface area contributed by atoms with Crippen LogP contribution in [0.5, 0.6) is 0 Å². The number of sulfonamides is 2. The number of anilines is 1. The molecule has 0 amide bonds. The van der Waals surface area contributed by atoms with E-state index in [1.807, 2.05) is 0 Å². The van der Waals surface area contributed by atoms with Gasteiger partial charge < -0.3 is 0 Å². The third-order valence-electron chi connectivity index (χ3n) is 2.70. The molecule has 3 N–H and O–H groups in total. The Morgan fingerprint density at radius 3 is 2.22 bits per heavy atom. The molecule has 0 aliphatic heterocycles. The molecule has 2 rings (SSSR count). The highest BCUT2D eigenvalue weighted by Crippen LogP contribution is 2.28. The van der Waals surface area contributed by atoms with Gasteiger partial charge in [0.05, 0.1) is 10.6 Å². The van der Waals surface area contributed by atoms with E-state index in [2.05, 4.69) is 36.6 Å². The first-order chi connectivity index (χ1) is 10.5. The molecule has 0 aromatic heterocycles. The molecule has 23 heavy (non-hydrogen) atoms. The second-order valence-corrected chi connectivity index (χ2v) is 9.35. The Morgan fingerprint density at radius 1 is 1.00 bits per heavy atom. The van der Waals surface area contributed by atoms with Crippen LogP contribution in [0.4, 0.5) is 10.1 Å². The van der Waals surface area contributed by atoms with Crippen LogP contribution >= 0.6 is 31.9 Å². The third kappa shape index (κ3) is 4.29. The summed E-state index contributed by atoms with van der Waals surface area (Å²) in [5.41, 5.74) is -0.399. The lowest BCUT2D eigenvalue weighted by Gasteiger charge is -2.11. The van der Waals surface area contributed by atoms with E-state index in [1.165, 1.54) is 12.1 Å². The maximum Gasteiger partial charge on any atom is 0.263 e. The number of nitrogens with two attached hydrogens (primary N) is 1. The predicted molar refractivity (Wildman–Crippen MR) is 90.4 cm³/mol. The van der Waals surface area contributed by atoms with Gasteiger partial charge in [0.25, 0.3) is 10.0 Å². The number of rotatable bonds is 4. The first-order valence-corrected chi connectivity index (χ1v) is 10.4. The van der Waals surface area contributed by atoms with Gasteiger partial charge in [-0.1, -0.05) is 15.9 Å². The van der Waals surface area contributed by atoms with Gasteiger partial charge in [-0.25, -0.2) is 26.4 Å². The highest BCUT2D eigenvalue weighted by Gasteiger charge is 2.21. The number of primary sulfonamides is 1. The Labute approximate surface area is 149 Å². The van der Waals surface area contributed by atoms with Gasteiger partial charge in [0.2, 0.25) is 10.0 Å². The van der Waals surface area contributed by atoms with E-state index in [-0.39, 0.29) is 9.37 Å². The second kappa shape index (κ2) is 6.48. The minimum absolute atomic E-state index is 0.109. The summed E-state index contributed by atoms with van der Waals surface area (Å²) in [4.78, 5) is -0.566. The first kappa shape index (κ1) is 18.3. The molecule has 0 aliphatic rings. The van der Waals surface area contributed by atoms with E-state index in [1.54, 1.807) is 6.07 Å². The summed E-state index contributed by atoms with van der Waals surface area (Å²) < 4.78 is 63.8. The number of hydrogen-bond acceptors (Lipinski definition) is 4. The Hall–Kier alpha value is -1.01. The van der Waals surface area contributed by atoms with Crippen molar-refractivity contribution in [1.82, 2.24) is 0 Å². The number of hydrogen-bond donors (Lipinski definition) is 2. The molecule has 0 unspecified atom stereocenters. The molecule has 0 atom stereocenters. The molecule has 11 heteroatoms. The Balaban J connectivity index is 2.44. The maximum absolute atomic E-state index is 13.9. The molecule has 6 nitrogen and oxygen atoms in total. The van der Waals surface area contributed by atoms with Crippen molar-refractivity contribution in [3.05, 3.63) is 51.2 Å². The molecule has 0 radical (unpaired) electrons. The van der Waals surface area contributed by atoms with E-state index in [9.17, 15) is 21.2 Å². The fourth-order valence-corrected chi connectivity index (χ4v) is 4.73. The first-order valence-electron chi connectivity index (χ1n) is 5.81. The lowest BCUT2D eigenvalue weighted by molar-refractivity contribution is 0.592. The molecule has 0 heterocycles. The Kier molecular flexibility index (Phi) is 5.16. The van der Waals surface area contributed by atoms with Crippen LogP contribution in [0.25, 0.3) is 0 Å². The standard InChI is InChI=1S/C12H9Br2FN2O4S2/c13-7-1-3-9(14)12(5-7)23(20,21)17-11-4-2-8(6-10(11)15)22(16,18)19/h1-6,17H,(H2,16,18,19). The minimum Gasteiger partial charge on any atom is -0.277 e. The smallest absolute Gasteiger partial charge is 0.263 e. The number of nitrogens with one attached hydrogen (secondary N) is 1. The molecule has 0 saturated carbocycles. The number of halogens is 3. The van der Waals surface area contributed by atoms with Crippen molar-refractivity contribution in [2.24, 2.45) is 5.14 Å². The molecule has 2 aromatic carbocycles. The topological polar surface area (TPSA) is 106 Å². The fourth-order valence-electron chi connectivity index (χ4n) is 1.64. The average molecular weight is 488 g/mol. The zero-order chi connectivity index (χ0) is 17.4. The van der Waals surface area contributed by atoms with E-state index in [0.29, 0.717) is 10.5 Å². The predicted octanol–water partition coefficient (Wildman–Crippen LogP) is 2.80. The van der Waals surface area contributed by atoms with Gasteiger partial charge >= 0.3 is 0 Å². The molecular weight excluding hydrogens is 479 g/mol. The lowest BCUT2D eigenvalue weighted by atomic mass is 10.3. The Morgan fingerprint density at radius 2 is 1.65 bits per heavy atom. The maximum atomic E-state index is 13.9. The summed E-state index contributed by atoms with van der Waals surface area (Å²) in [6.07, 6.45) is 0. The molecule has 0 spiro atoms. The summed E-state index contributed by atoms with van der Waals surface area (Å²) in [6, 6.07) is 7.11. The summed E-state index contributed by atoms with van der Waals surface area (Å²) in [7, 11) is -8.17. The minimum atomic E-state index is -4.08. The van der Waals surface area contributed by atoms with Gasteiger partial charge in [-0.05, 0) is 52.3 Å². The van der Waals surface area contributed by atoms with Gasteiger partial charge in [-0.2, -0.15) is 0 Å². The fraction of sp³-hybridized carbons (Fsp3) is 0. The van der Waals surface area contributed by atoms with E-state index >= 15 is 0 Å². The largest absolute Gasteiger partial charge is 0.277 e. The molecule has 0 aliphatic carbocycles. The lowest BCUT2D eigenvalue weighted by Crippen LogP contribution is -2.16. The normalized spacial score (nSPS) is 12.2. The summed E-state index contributed by atoms with van der Waals surface area (Å²) >= 11 is 6.26. The van der Waals surface area contributed by atoms with Gasteiger partial charge in [-0.3, -0.25) is 4.72 Å². The summed E-state index contributed by atoms with van der Waals surface area (Å²) in [5, 5.41) is 4.89. The Bertz CT molecular complexity index is 979. The summed E-state index contributed by atoms with van der Waals surface area (Å²) in [6.45, 7) is 0. The van der Waals surface area contributed by atoms with Crippen LogP contribution in [-0.2, 0) is 20.0 Å². The van der Waals surface area contributed by atoms with Crippen LogP contribution in [-0.4, -0.2) is 16.8 Å². The molecule has 2 aromatic rings. The van der Waals surface area contributed by atoms with Crippen molar-refractivity contribution in [2.45, 2.75) is 9.79 Å². The molecule has 0 fully saturated rings. The second-order valence-electron chi connectivity index (χ2n) is 4.37. The zero-order valence-electron chi connectivity index (χ0n) is 11.1. The van der Waals surface area contributed by atoms with Crippen LogP contribution in [0.2, 0.25) is 0 Å².